The third-order valence-electron chi connectivity index (χ3n) is 3.41. The molecular weight excluding hydrogens is 285 g/mol. The van der Waals surface area contributed by atoms with Gasteiger partial charge in [0.25, 0.3) is 0 Å². The Morgan fingerprint density at radius 1 is 1.38 bits per heavy atom. The third-order valence-corrected chi connectivity index (χ3v) is 4.62. The molecule has 1 aromatic heterocycles. The largest absolute Gasteiger partial charge is 0.338 e. The molecular formula is C16H22FN3S. The van der Waals surface area contributed by atoms with Crippen molar-refractivity contribution in [2.24, 2.45) is 7.05 Å². The molecule has 0 amide bonds. The number of rotatable bonds is 8. The minimum atomic E-state index is -0.137. The monoisotopic (exact) mass is 307 g/mol. The van der Waals surface area contributed by atoms with Gasteiger partial charge in [0.05, 0.1) is 0 Å². The fourth-order valence-electron chi connectivity index (χ4n) is 2.23. The maximum absolute atomic E-state index is 13.6. The number of nitrogens with one attached hydrogen (secondary N) is 1. The van der Waals surface area contributed by atoms with Crippen LogP contribution in [0.25, 0.3) is 0 Å². The first-order chi connectivity index (χ1) is 10.2. The Bertz CT molecular complexity index is 556. The lowest BCUT2D eigenvalue weighted by Crippen LogP contribution is -2.32. The number of halogens is 1. The molecule has 0 saturated heterocycles. The molecule has 1 heterocycles. The van der Waals surface area contributed by atoms with Crippen molar-refractivity contribution in [3.05, 3.63) is 48.3 Å². The van der Waals surface area contributed by atoms with Crippen molar-refractivity contribution in [2.75, 3.05) is 12.3 Å². The highest BCUT2D eigenvalue weighted by Crippen LogP contribution is 2.22. The van der Waals surface area contributed by atoms with E-state index in [9.17, 15) is 4.39 Å². The van der Waals surface area contributed by atoms with Crippen molar-refractivity contribution >= 4 is 11.8 Å². The Labute approximate surface area is 130 Å². The van der Waals surface area contributed by atoms with Crippen molar-refractivity contribution in [3.63, 3.8) is 0 Å². The lowest BCUT2D eigenvalue weighted by Gasteiger charge is -2.17. The molecule has 5 heteroatoms. The molecule has 2 rings (SSSR count). The molecule has 0 spiro atoms. The van der Waals surface area contributed by atoms with Crippen LogP contribution in [-0.4, -0.2) is 27.9 Å². The van der Waals surface area contributed by atoms with Gasteiger partial charge in [-0.1, -0.05) is 19.1 Å². The van der Waals surface area contributed by atoms with Crippen LogP contribution in [0.4, 0.5) is 4.39 Å². The standard InChI is InChI=1S/C16H22FN3S/c1-3-18-13(8-9-16-19-10-11-20(16)2)12-21-15-7-5-4-6-14(15)17/h4-7,10-11,13,18H,3,8-9,12H2,1-2H3. The van der Waals surface area contributed by atoms with Gasteiger partial charge in [0.2, 0.25) is 0 Å². The Morgan fingerprint density at radius 2 is 2.19 bits per heavy atom. The first-order valence-corrected chi connectivity index (χ1v) is 8.26. The number of aromatic nitrogens is 2. The molecule has 0 aliphatic rings. The summed E-state index contributed by atoms with van der Waals surface area (Å²) in [7, 11) is 2.01. The summed E-state index contributed by atoms with van der Waals surface area (Å²) in [5.41, 5.74) is 0. The van der Waals surface area contributed by atoms with Crippen molar-refractivity contribution < 1.29 is 4.39 Å². The van der Waals surface area contributed by atoms with E-state index < -0.39 is 0 Å². The molecule has 0 aliphatic carbocycles. The molecule has 2 aromatic rings. The van der Waals surface area contributed by atoms with Gasteiger partial charge in [0.1, 0.15) is 11.6 Å². The first kappa shape index (κ1) is 16.0. The van der Waals surface area contributed by atoms with Gasteiger partial charge >= 0.3 is 0 Å². The van der Waals surface area contributed by atoms with Gasteiger partial charge in [-0.25, -0.2) is 9.37 Å². The summed E-state index contributed by atoms with van der Waals surface area (Å²) in [6, 6.07) is 7.31. The van der Waals surface area contributed by atoms with Crippen LogP contribution in [0.3, 0.4) is 0 Å². The average Bonchev–Trinajstić information content (AvgIpc) is 2.89. The van der Waals surface area contributed by atoms with E-state index in [4.69, 9.17) is 0 Å². The fourth-order valence-corrected chi connectivity index (χ4v) is 3.27. The Balaban J connectivity index is 1.87. The normalized spacial score (nSPS) is 12.5. The minimum absolute atomic E-state index is 0.137. The maximum Gasteiger partial charge on any atom is 0.136 e. The summed E-state index contributed by atoms with van der Waals surface area (Å²) in [5, 5.41) is 3.47. The van der Waals surface area contributed by atoms with Gasteiger partial charge in [-0.15, -0.1) is 11.8 Å². The molecule has 1 aromatic carbocycles. The van der Waals surface area contributed by atoms with Crippen LogP contribution in [0.5, 0.6) is 0 Å². The molecule has 1 N–H and O–H groups in total. The lowest BCUT2D eigenvalue weighted by atomic mass is 10.2. The average molecular weight is 307 g/mol. The Kier molecular flexibility index (Phi) is 6.26. The minimum Gasteiger partial charge on any atom is -0.338 e. The maximum atomic E-state index is 13.6. The molecule has 0 radical (unpaired) electrons. The lowest BCUT2D eigenvalue weighted by molar-refractivity contribution is 0.526. The van der Waals surface area contributed by atoms with Gasteiger partial charge in [-0.2, -0.15) is 0 Å². The van der Waals surface area contributed by atoms with E-state index in [1.54, 1.807) is 17.8 Å². The highest BCUT2D eigenvalue weighted by Gasteiger charge is 2.11. The second-order valence-corrected chi connectivity index (χ2v) is 6.05. The van der Waals surface area contributed by atoms with Crippen molar-refractivity contribution in [1.82, 2.24) is 14.9 Å². The van der Waals surface area contributed by atoms with Crippen LogP contribution in [0, 0.1) is 5.82 Å². The zero-order chi connectivity index (χ0) is 15.1. The summed E-state index contributed by atoms with van der Waals surface area (Å²) >= 11 is 1.57. The molecule has 0 bridgehead atoms. The van der Waals surface area contributed by atoms with E-state index >= 15 is 0 Å². The van der Waals surface area contributed by atoms with Crippen molar-refractivity contribution in [2.45, 2.75) is 30.7 Å². The summed E-state index contributed by atoms with van der Waals surface area (Å²) in [5.74, 6) is 1.81. The van der Waals surface area contributed by atoms with Crippen LogP contribution >= 0.6 is 11.8 Å². The molecule has 3 nitrogen and oxygen atoms in total. The highest BCUT2D eigenvalue weighted by molar-refractivity contribution is 7.99. The van der Waals surface area contributed by atoms with Crippen LogP contribution in [0.1, 0.15) is 19.2 Å². The van der Waals surface area contributed by atoms with Gasteiger partial charge in [-0.05, 0) is 25.1 Å². The predicted octanol–water partition coefficient (Wildman–Crippen LogP) is 3.26. The third kappa shape index (κ3) is 4.86. The van der Waals surface area contributed by atoms with Gasteiger partial charge < -0.3 is 9.88 Å². The predicted molar refractivity (Wildman–Crippen MR) is 86.1 cm³/mol. The summed E-state index contributed by atoms with van der Waals surface area (Å²) < 4.78 is 15.7. The number of benzene rings is 1. The number of thioether (sulfide) groups is 1. The molecule has 114 valence electrons. The number of nitrogens with zero attached hydrogens (tertiary/aromatic N) is 2. The van der Waals surface area contributed by atoms with Crippen LogP contribution in [0.2, 0.25) is 0 Å². The van der Waals surface area contributed by atoms with Crippen molar-refractivity contribution in [1.29, 1.82) is 0 Å². The van der Waals surface area contributed by atoms with Crippen LogP contribution in [-0.2, 0) is 13.5 Å². The molecule has 21 heavy (non-hydrogen) atoms. The molecule has 0 aliphatic heterocycles. The van der Waals surface area contributed by atoms with E-state index in [0.717, 1.165) is 35.9 Å². The second kappa shape index (κ2) is 8.20. The topological polar surface area (TPSA) is 29.9 Å². The van der Waals surface area contributed by atoms with Gasteiger partial charge in [0.15, 0.2) is 0 Å². The second-order valence-electron chi connectivity index (χ2n) is 4.99. The molecule has 1 atom stereocenters. The fraction of sp³-hybridized carbons (Fsp3) is 0.438. The number of hydrogen-bond donors (Lipinski definition) is 1. The van der Waals surface area contributed by atoms with Gasteiger partial charge in [-0.3, -0.25) is 0 Å². The molecule has 1 unspecified atom stereocenters. The Hall–Kier alpha value is -1.33. The zero-order valence-electron chi connectivity index (χ0n) is 12.6. The smallest absolute Gasteiger partial charge is 0.136 e. The summed E-state index contributed by atoms with van der Waals surface area (Å²) in [4.78, 5) is 5.07. The van der Waals surface area contributed by atoms with Crippen LogP contribution < -0.4 is 5.32 Å². The number of imidazole rings is 1. The van der Waals surface area contributed by atoms with Crippen molar-refractivity contribution in [3.8, 4) is 0 Å². The SMILES string of the molecule is CCNC(CCc1nccn1C)CSc1ccccc1F. The quantitative estimate of drug-likeness (QED) is 0.759. The van der Waals surface area contributed by atoms with E-state index in [1.165, 1.54) is 6.07 Å². The summed E-state index contributed by atoms with van der Waals surface area (Å²) in [6.07, 6.45) is 5.72. The molecule has 0 fully saturated rings. The van der Waals surface area contributed by atoms with Gasteiger partial charge in [0, 0.05) is 42.6 Å². The van der Waals surface area contributed by atoms with E-state index in [1.807, 2.05) is 36.1 Å². The highest BCUT2D eigenvalue weighted by atomic mass is 32.2. The molecule has 0 saturated carbocycles. The summed E-state index contributed by atoms with van der Waals surface area (Å²) in [6.45, 7) is 3.02. The number of hydrogen-bond acceptors (Lipinski definition) is 3. The van der Waals surface area contributed by atoms with Crippen LogP contribution in [0.15, 0.2) is 41.6 Å². The first-order valence-electron chi connectivity index (χ1n) is 7.27. The van der Waals surface area contributed by atoms with E-state index in [0.29, 0.717) is 6.04 Å². The van der Waals surface area contributed by atoms with E-state index in [2.05, 4.69) is 17.2 Å². The van der Waals surface area contributed by atoms with E-state index in [-0.39, 0.29) is 5.82 Å². The Morgan fingerprint density at radius 3 is 2.86 bits per heavy atom. The zero-order valence-corrected chi connectivity index (χ0v) is 13.4. The number of aryl methyl sites for hydroxylation is 2.